The van der Waals surface area contributed by atoms with E-state index in [1.54, 1.807) is 0 Å². The molecule has 2 aromatic rings. The number of hydrogen-bond acceptors (Lipinski definition) is 2. The number of Topliss-reactive ketones (excluding diaryl/α,β-unsaturated/α-hetero) is 1. The van der Waals surface area contributed by atoms with Gasteiger partial charge in [-0.05, 0) is 31.0 Å². The molecule has 0 saturated carbocycles. The van der Waals surface area contributed by atoms with Crippen molar-refractivity contribution < 1.29 is 9.53 Å². The van der Waals surface area contributed by atoms with Crippen molar-refractivity contribution in [3.05, 3.63) is 65.2 Å². The van der Waals surface area contributed by atoms with Gasteiger partial charge in [0.1, 0.15) is 5.75 Å². The summed E-state index contributed by atoms with van der Waals surface area (Å²) in [6.07, 6.45) is 0.919. The predicted molar refractivity (Wildman–Crippen MR) is 74.6 cm³/mol. The normalized spacial score (nSPS) is 21.1. The van der Waals surface area contributed by atoms with Crippen molar-refractivity contribution in [3.63, 3.8) is 0 Å². The summed E-state index contributed by atoms with van der Waals surface area (Å²) < 4.78 is 5.94. The summed E-state index contributed by atoms with van der Waals surface area (Å²) in [6.45, 7) is 3.93. The zero-order valence-electron chi connectivity index (χ0n) is 11.1. The molecule has 1 atom stereocenters. The average molecular weight is 252 g/mol. The standard InChI is InChI=1S/C17H16O2/c1-3-12-9-10-15-14(11-12)16(18)17(2,19-15)13-7-5-4-6-8-13/h4-11H,3H2,1-2H3. The molecule has 0 radical (unpaired) electrons. The molecule has 2 nitrogen and oxygen atoms in total. The van der Waals surface area contributed by atoms with Crippen molar-refractivity contribution in [1.82, 2.24) is 0 Å². The quantitative estimate of drug-likeness (QED) is 0.813. The van der Waals surface area contributed by atoms with Crippen LogP contribution in [0.3, 0.4) is 0 Å². The Morgan fingerprint density at radius 3 is 2.53 bits per heavy atom. The molecule has 0 spiro atoms. The van der Waals surface area contributed by atoms with E-state index in [0.717, 1.165) is 17.5 Å². The third-order valence-corrected chi connectivity index (χ3v) is 3.77. The Morgan fingerprint density at radius 2 is 1.84 bits per heavy atom. The highest BCUT2D eigenvalue weighted by Gasteiger charge is 2.45. The summed E-state index contributed by atoms with van der Waals surface area (Å²) in [5, 5.41) is 0. The zero-order chi connectivity index (χ0) is 13.5. The first-order valence-electron chi connectivity index (χ1n) is 6.57. The fourth-order valence-electron chi connectivity index (χ4n) is 2.53. The predicted octanol–water partition coefficient (Wildman–Crippen LogP) is 3.74. The highest BCUT2D eigenvalue weighted by Crippen LogP contribution is 2.41. The number of aryl methyl sites for hydroxylation is 1. The first-order chi connectivity index (χ1) is 9.15. The lowest BCUT2D eigenvalue weighted by atomic mass is 9.89. The fraction of sp³-hybridized carbons (Fsp3) is 0.235. The molecule has 0 amide bonds. The number of ketones is 1. The molecular formula is C17H16O2. The number of benzene rings is 2. The molecule has 0 fully saturated rings. The maximum absolute atomic E-state index is 12.7. The van der Waals surface area contributed by atoms with Crippen molar-refractivity contribution in [1.29, 1.82) is 0 Å². The van der Waals surface area contributed by atoms with Crippen LogP contribution < -0.4 is 4.74 Å². The van der Waals surface area contributed by atoms with E-state index in [-0.39, 0.29) is 5.78 Å². The molecule has 1 aliphatic heterocycles. The first-order valence-corrected chi connectivity index (χ1v) is 6.57. The lowest BCUT2D eigenvalue weighted by molar-refractivity contribution is 0.0619. The van der Waals surface area contributed by atoms with Gasteiger partial charge in [-0.2, -0.15) is 0 Å². The number of rotatable bonds is 2. The van der Waals surface area contributed by atoms with Crippen molar-refractivity contribution in [2.75, 3.05) is 0 Å². The first kappa shape index (κ1) is 12.0. The van der Waals surface area contributed by atoms with E-state index in [0.29, 0.717) is 11.3 Å². The summed E-state index contributed by atoms with van der Waals surface area (Å²) in [4.78, 5) is 12.7. The Bertz CT molecular complexity index is 631. The largest absolute Gasteiger partial charge is 0.474 e. The number of carbonyl (C=O) groups excluding carboxylic acids is 1. The second kappa shape index (κ2) is 4.23. The number of carbonyl (C=O) groups is 1. The van der Waals surface area contributed by atoms with Gasteiger partial charge in [0.25, 0.3) is 0 Å². The van der Waals surface area contributed by atoms with Crippen LogP contribution in [-0.2, 0) is 12.0 Å². The smallest absolute Gasteiger partial charge is 0.214 e. The molecule has 2 heteroatoms. The van der Waals surface area contributed by atoms with Gasteiger partial charge in [-0.1, -0.05) is 43.3 Å². The van der Waals surface area contributed by atoms with Gasteiger partial charge >= 0.3 is 0 Å². The van der Waals surface area contributed by atoms with E-state index in [4.69, 9.17) is 4.74 Å². The average Bonchev–Trinajstić information content (AvgIpc) is 2.72. The van der Waals surface area contributed by atoms with Gasteiger partial charge in [0.2, 0.25) is 5.78 Å². The SMILES string of the molecule is CCc1ccc2c(c1)C(=O)C(C)(c1ccccc1)O2. The van der Waals surface area contributed by atoms with Gasteiger partial charge in [-0.15, -0.1) is 0 Å². The van der Waals surface area contributed by atoms with Crippen LogP contribution >= 0.6 is 0 Å². The minimum Gasteiger partial charge on any atom is -0.474 e. The van der Waals surface area contributed by atoms with E-state index in [1.807, 2.05) is 55.5 Å². The Labute approximate surface area is 113 Å². The summed E-state index contributed by atoms with van der Waals surface area (Å²) in [5.74, 6) is 0.734. The van der Waals surface area contributed by atoms with Crippen LogP contribution in [0.1, 0.15) is 35.3 Å². The number of ether oxygens (including phenoxy) is 1. The second-order valence-electron chi connectivity index (χ2n) is 5.01. The monoisotopic (exact) mass is 252 g/mol. The molecule has 2 aromatic carbocycles. The van der Waals surface area contributed by atoms with E-state index in [2.05, 4.69) is 6.92 Å². The summed E-state index contributed by atoms with van der Waals surface area (Å²) in [6, 6.07) is 15.5. The number of fused-ring (bicyclic) bond motifs is 1. The molecule has 0 bridgehead atoms. The molecule has 0 aromatic heterocycles. The minimum atomic E-state index is -0.893. The van der Waals surface area contributed by atoms with Crippen LogP contribution in [0.2, 0.25) is 0 Å². The van der Waals surface area contributed by atoms with Crippen molar-refractivity contribution >= 4 is 5.78 Å². The van der Waals surface area contributed by atoms with Gasteiger partial charge in [-0.25, -0.2) is 0 Å². The Balaban J connectivity index is 2.08. The molecule has 0 N–H and O–H groups in total. The molecule has 3 rings (SSSR count). The highest BCUT2D eigenvalue weighted by molar-refractivity contribution is 6.07. The van der Waals surface area contributed by atoms with Crippen molar-refractivity contribution in [2.24, 2.45) is 0 Å². The molecule has 1 aliphatic rings. The van der Waals surface area contributed by atoms with E-state index >= 15 is 0 Å². The molecular weight excluding hydrogens is 236 g/mol. The van der Waals surface area contributed by atoms with Gasteiger partial charge in [0.15, 0.2) is 5.60 Å². The van der Waals surface area contributed by atoms with Gasteiger partial charge in [-0.3, -0.25) is 4.79 Å². The van der Waals surface area contributed by atoms with E-state index in [1.165, 1.54) is 0 Å². The lowest BCUT2D eigenvalue weighted by Gasteiger charge is -2.22. The summed E-state index contributed by atoms with van der Waals surface area (Å²) in [5.41, 5.74) is 1.86. The van der Waals surface area contributed by atoms with E-state index in [9.17, 15) is 4.79 Å². The summed E-state index contributed by atoms with van der Waals surface area (Å²) >= 11 is 0. The van der Waals surface area contributed by atoms with Gasteiger partial charge in [0, 0.05) is 5.56 Å². The number of hydrogen-bond donors (Lipinski definition) is 0. The Hall–Kier alpha value is -2.09. The van der Waals surface area contributed by atoms with Crippen LogP contribution in [0.25, 0.3) is 0 Å². The molecule has 0 aliphatic carbocycles. The van der Waals surface area contributed by atoms with Crippen LogP contribution in [0.4, 0.5) is 0 Å². The highest BCUT2D eigenvalue weighted by atomic mass is 16.5. The van der Waals surface area contributed by atoms with Crippen LogP contribution in [0.15, 0.2) is 48.5 Å². The van der Waals surface area contributed by atoms with E-state index < -0.39 is 5.60 Å². The van der Waals surface area contributed by atoms with Crippen LogP contribution in [0.5, 0.6) is 5.75 Å². The molecule has 19 heavy (non-hydrogen) atoms. The van der Waals surface area contributed by atoms with Gasteiger partial charge < -0.3 is 4.74 Å². The topological polar surface area (TPSA) is 26.3 Å². The fourth-order valence-corrected chi connectivity index (χ4v) is 2.53. The molecule has 96 valence electrons. The Morgan fingerprint density at radius 1 is 1.11 bits per heavy atom. The van der Waals surface area contributed by atoms with Crippen molar-refractivity contribution in [2.45, 2.75) is 25.9 Å². The lowest BCUT2D eigenvalue weighted by Crippen LogP contribution is -2.33. The maximum Gasteiger partial charge on any atom is 0.214 e. The molecule has 0 saturated heterocycles. The van der Waals surface area contributed by atoms with Crippen molar-refractivity contribution in [3.8, 4) is 5.75 Å². The van der Waals surface area contributed by atoms with Crippen LogP contribution in [-0.4, -0.2) is 5.78 Å². The Kier molecular flexibility index (Phi) is 2.67. The third kappa shape index (κ3) is 1.75. The second-order valence-corrected chi connectivity index (χ2v) is 5.01. The molecule has 1 unspecified atom stereocenters. The zero-order valence-corrected chi connectivity index (χ0v) is 11.1. The summed E-state index contributed by atoms with van der Waals surface area (Å²) in [7, 11) is 0. The maximum atomic E-state index is 12.7. The minimum absolute atomic E-state index is 0.0454. The van der Waals surface area contributed by atoms with Crippen LogP contribution in [0, 0.1) is 0 Å². The molecule has 1 heterocycles. The van der Waals surface area contributed by atoms with Gasteiger partial charge in [0.05, 0.1) is 5.56 Å². The third-order valence-electron chi connectivity index (χ3n) is 3.77.